The third-order valence-electron chi connectivity index (χ3n) is 3.84. The van der Waals surface area contributed by atoms with Gasteiger partial charge in [0.05, 0.1) is 16.0 Å². The Hall–Kier alpha value is -2.25. The van der Waals surface area contributed by atoms with Crippen molar-refractivity contribution in [1.29, 1.82) is 0 Å². The standard InChI is InChI=1S/C19H20N2O3S2/c1-12(2)11-26(23,24)19-21-16-9-8-14(10-17(16)25-19)20-18(22)15-7-5-4-6-13(15)3/h4-10,12H,11H2,1-3H3,(H,20,22). The second-order valence-corrected chi connectivity index (χ2v) is 9.85. The summed E-state index contributed by atoms with van der Waals surface area (Å²) in [6.07, 6.45) is 0. The highest BCUT2D eigenvalue weighted by molar-refractivity contribution is 7.93. The number of carbonyl (C=O) groups excluding carboxylic acids is 1. The third-order valence-corrected chi connectivity index (χ3v) is 7.39. The third kappa shape index (κ3) is 3.94. The SMILES string of the molecule is Cc1ccccc1C(=O)Nc1ccc2nc(S(=O)(=O)CC(C)C)sc2c1. The first kappa shape index (κ1) is 18.5. The van der Waals surface area contributed by atoms with E-state index in [1.54, 1.807) is 24.3 Å². The van der Waals surface area contributed by atoms with Crippen molar-refractivity contribution in [3.63, 3.8) is 0 Å². The maximum atomic E-state index is 12.4. The number of nitrogens with one attached hydrogen (secondary N) is 1. The number of aromatic nitrogens is 1. The first-order chi connectivity index (χ1) is 12.3. The van der Waals surface area contributed by atoms with Crippen LogP contribution in [0, 0.1) is 12.8 Å². The maximum absolute atomic E-state index is 12.4. The van der Waals surface area contributed by atoms with Gasteiger partial charge < -0.3 is 5.32 Å². The van der Waals surface area contributed by atoms with E-state index in [1.807, 2.05) is 39.0 Å². The molecular formula is C19H20N2O3S2. The number of carbonyl (C=O) groups is 1. The number of thiazole rings is 1. The van der Waals surface area contributed by atoms with Crippen LogP contribution in [-0.2, 0) is 9.84 Å². The molecule has 0 radical (unpaired) electrons. The Balaban J connectivity index is 1.88. The Morgan fingerprint density at radius 3 is 2.62 bits per heavy atom. The molecule has 0 fully saturated rings. The number of rotatable bonds is 5. The summed E-state index contributed by atoms with van der Waals surface area (Å²) in [4.78, 5) is 16.7. The number of hydrogen-bond acceptors (Lipinski definition) is 5. The number of anilines is 1. The molecule has 1 amide bonds. The Morgan fingerprint density at radius 2 is 1.92 bits per heavy atom. The number of benzene rings is 2. The van der Waals surface area contributed by atoms with Crippen LogP contribution in [0.15, 0.2) is 46.8 Å². The van der Waals surface area contributed by atoms with Crippen molar-refractivity contribution in [2.45, 2.75) is 25.1 Å². The topological polar surface area (TPSA) is 76.1 Å². The molecule has 0 aliphatic carbocycles. The average Bonchev–Trinajstić information content (AvgIpc) is 2.98. The predicted molar refractivity (Wildman–Crippen MR) is 106 cm³/mol. The molecule has 0 aliphatic rings. The van der Waals surface area contributed by atoms with Crippen molar-refractivity contribution in [1.82, 2.24) is 4.98 Å². The van der Waals surface area contributed by atoms with Gasteiger partial charge in [-0.25, -0.2) is 13.4 Å². The zero-order valence-corrected chi connectivity index (χ0v) is 16.4. The number of hydrogen-bond donors (Lipinski definition) is 1. The van der Waals surface area contributed by atoms with Crippen LogP contribution in [0.3, 0.4) is 0 Å². The van der Waals surface area contributed by atoms with E-state index in [9.17, 15) is 13.2 Å². The van der Waals surface area contributed by atoms with Crippen LogP contribution in [0.1, 0.15) is 29.8 Å². The molecule has 1 heterocycles. The van der Waals surface area contributed by atoms with Crippen molar-refractivity contribution >= 4 is 43.0 Å². The van der Waals surface area contributed by atoms with Crippen LogP contribution in [-0.4, -0.2) is 25.1 Å². The minimum atomic E-state index is -3.39. The normalized spacial score (nSPS) is 11.8. The monoisotopic (exact) mass is 388 g/mol. The summed E-state index contributed by atoms with van der Waals surface area (Å²) in [5, 5.41) is 2.86. The fourth-order valence-corrected chi connectivity index (χ4v) is 5.63. The highest BCUT2D eigenvalue weighted by atomic mass is 32.2. The molecule has 0 saturated heterocycles. The Morgan fingerprint density at radius 1 is 1.19 bits per heavy atom. The molecule has 1 N–H and O–H groups in total. The van der Waals surface area contributed by atoms with E-state index < -0.39 is 9.84 Å². The summed E-state index contributed by atoms with van der Waals surface area (Å²) in [5.41, 5.74) is 2.73. The van der Waals surface area contributed by atoms with Gasteiger partial charge in [0.1, 0.15) is 0 Å². The van der Waals surface area contributed by atoms with Gasteiger partial charge in [-0.3, -0.25) is 4.79 Å². The number of amides is 1. The Kier molecular flexibility index (Phi) is 5.11. The first-order valence-electron chi connectivity index (χ1n) is 8.26. The van der Waals surface area contributed by atoms with Gasteiger partial charge in [-0.2, -0.15) is 0 Å². The second-order valence-electron chi connectivity index (χ2n) is 6.61. The molecule has 2 aromatic carbocycles. The lowest BCUT2D eigenvalue weighted by molar-refractivity contribution is 0.102. The van der Waals surface area contributed by atoms with Crippen LogP contribution in [0.25, 0.3) is 10.2 Å². The van der Waals surface area contributed by atoms with Crippen molar-refractivity contribution in [2.75, 3.05) is 11.1 Å². The summed E-state index contributed by atoms with van der Waals surface area (Å²) in [6, 6.07) is 12.6. The lowest BCUT2D eigenvalue weighted by Gasteiger charge is -2.07. The smallest absolute Gasteiger partial charge is 0.255 e. The van der Waals surface area contributed by atoms with Gasteiger partial charge in [0.2, 0.25) is 14.2 Å². The summed E-state index contributed by atoms with van der Waals surface area (Å²) < 4.78 is 25.6. The van der Waals surface area contributed by atoms with Gasteiger partial charge in [-0.05, 0) is 42.7 Å². The lowest BCUT2D eigenvalue weighted by Crippen LogP contribution is -2.13. The van der Waals surface area contributed by atoms with E-state index >= 15 is 0 Å². The van der Waals surface area contributed by atoms with E-state index in [1.165, 1.54) is 0 Å². The Bertz CT molecular complexity index is 1070. The zero-order chi connectivity index (χ0) is 18.9. The highest BCUT2D eigenvalue weighted by Crippen LogP contribution is 2.29. The summed E-state index contributed by atoms with van der Waals surface area (Å²) in [6.45, 7) is 5.61. The molecule has 7 heteroatoms. The molecule has 0 atom stereocenters. The second kappa shape index (κ2) is 7.17. The minimum absolute atomic E-state index is 0.0379. The quantitative estimate of drug-likeness (QED) is 0.707. The van der Waals surface area contributed by atoms with Crippen molar-refractivity contribution in [2.24, 2.45) is 5.92 Å². The highest BCUT2D eigenvalue weighted by Gasteiger charge is 2.21. The molecule has 5 nitrogen and oxygen atoms in total. The fourth-order valence-electron chi connectivity index (χ4n) is 2.65. The molecule has 1 aromatic heterocycles. The number of sulfone groups is 1. The van der Waals surface area contributed by atoms with Gasteiger partial charge in [-0.15, -0.1) is 11.3 Å². The van der Waals surface area contributed by atoms with Gasteiger partial charge in [-0.1, -0.05) is 32.0 Å². The molecule has 136 valence electrons. The van der Waals surface area contributed by atoms with E-state index in [4.69, 9.17) is 0 Å². The van der Waals surface area contributed by atoms with Gasteiger partial charge in [0.15, 0.2) is 0 Å². The van der Waals surface area contributed by atoms with Crippen molar-refractivity contribution in [3.8, 4) is 0 Å². The Labute approximate surface area is 157 Å². The molecule has 26 heavy (non-hydrogen) atoms. The summed E-state index contributed by atoms with van der Waals surface area (Å²) in [7, 11) is -3.39. The predicted octanol–water partition coefficient (Wildman–Crippen LogP) is 4.29. The van der Waals surface area contributed by atoms with Gasteiger partial charge in [0, 0.05) is 11.3 Å². The van der Waals surface area contributed by atoms with Gasteiger partial charge >= 0.3 is 0 Å². The minimum Gasteiger partial charge on any atom is -0.322 e. The molecule has 0 saturated carbocycles. The van der Waals surface area contributed by atoms with E-state index in [2.05, 4.69) is 10.3 Å². The molecule has 0 spiro atoms. The number of aryl methyl sites for hydroxylation is 1. The van der Waals surface area contributed by atoms with Crippen molar-refractivity contribution in [3.05, 3.63) is 53.6 Å². The molecule has 3 aromatic rings. The largest absolute Gasteiger partial charge is 0.322 e. The van der Waals surface area contributed by atoms with Gasteiger partial charge in [0.25, 0.3) is 5.91 Å². The fraction of sp³-hybridized carbons (Fsp3) is 0.263. The maximum Gasteiger partial charge on any atom is 0.255 e. The van der Waals surface area contributed by atoms with Crippen LogP contribution in [0.4, 0.5) is 5.69 Å². The number of fused-ring (bicyclic) bond motifs is 1. The van der Waals surface area contributed by atoms with E-state index in [-0.39, 0.29) is 21.9 Å². The summed E-state index contributed by atoms with van der Waals surface area (Å²) >= 11 is 1.14. The first-order valence-corrected chi connectivity index (χ1v) is 10.7. The molecule has 0 aliphatic heterocycles. The van der Waals surface area contributed by atoms with Crippen molar-refractivity contribution < 1.29 is 13.2 Å². The zero-order valence-electron chi connectivity index (χ0n) is 14.8. The van der Waals surface area contributed by atoms with Crippen LogP contribution >= 0.6 is 11.3 Å². The molecule has 3 rings (SSSR count). The summed E-state index contributed by atoms with van der Waals surface area (Å²) in [5.74, 6) is -0.0837. The van der Waals surface area contributed by atoms with E-state index in [0.717, 1.165) is 21.6 Å². The lowest BCUT2D eigenvalue weighted by atomic mass is 10.1. The number of nitrogens with zero attached hydrogens (tertiary/aromatic N) is 1. The molecular weight excluding hydrogens is 368 g/mol. The van der Waals surface area contributed by atoms with Crippen LogP contribution in [0.5, 0.6) is 0 Å². The molecule has 0 bridgehead atoms. The molecule has 0 unspecified atom stereocenters. The average molecular weight is 389 g/mol. The van der Waals surface area contributed by atoms with E-state index in [0.29, 0.717) is 16.8 Å². The van der Waals surface area contributed by atoms with Crippen LogP contribution in [0.2, 0.25) is 0 Å². The van der Waals surface area contributed by atoms with Crippen LogP contribution < -0.4 is 5.32 Å².